The van der Waals surface area contributed by atoms with Crippen LogP contribution in [0.2, 0.25) is 5.02 Å². The second-order valence-electron chi connectivity index (χ2n) is 7.27. The zero-order valence-corrected chi connectivity index (χ0v) is 17.5. The largest absolute Gasteiger partial charge is 0.366 e. The molecular weight excluding hydrogens is 394 g/mol. The highest BCUT2D eigenvalue weighted by Gasteiger charge is 2.43. The van der Waals surface area contributed by atoms with Crippen LogP contribution in [0.15, 0.2) is 47.5 Å². The Morgan fingerprint density at radius 3 is 2.36 bits per heavy atom. The van der Waals surface area contributed by atoms with Crippen LogP contribution < -0.4 is 4.90 Å². The molecule has 2 aromatic rings. The molecule has 0 saturated carbocycles. The molecule has 1 fully saturated rings. The van der Waals surface area contributed by atoms with Crippen molar-refractivity contribution in [2.45, 2.75) is 18.9 Å². The molecule has 28 heavy (non-hydrogen) atoms. The molecule has 1 saturated heterocycles. The molecule has 2 aliphatic heterocycles. The fourth-order valence-electron chi connectivity index (χ4n) is 3.88. The Morgan fingerprint density at radius 1 is 1.07 bits per heavy atom. The SMILES string of the molecule is CN1CCC(N(C)C2=C(c3cccs3)C(=O)N(c3ccc(Cl)cc3)C2=O)CC1. The minimum Gasteiger partial charge on any atom is -0.366 e. The lowest BCUT2D eigenvalue weighted by molar-refractivity contribution is -0.120. The maximum atomic E-state index is 13.4. The van der Waals surface area contributed by atoms with Crippen molar-refractivity contribution in [2.75, 3.05) is 32.1 Å². The van der Waals surface area contributed by atoms with Crippen LogP contribution in [0.1, 0.15) is 17.7 Å². The van der Waals surface area contributed by atoms with Crippen molar-refractivity contribution >= 4 is 46.0 Å². The number of imide groups is 1. The molecule has 2 amide bonds. The predicted octanol–water partition coefficient (Wildman–Crippen LogP) is 3.71. The van der Waals surface area contributed by atoms with E-state index in [4.69, 9.17) is 11.6 Å². The summed E-state index contributed by atoms with van der Waals surface area (Å²) in [6.45, 7) is 1.97. The number of likely N-dealkylation sites (tertiary alicyclic amines) is 1. The van der Waals surface area contributed by atoms with Crippen molar-refractivity contribution < 1.29 is 9.59 Å². The number of carbonyl (C=O) groups is 2. The highest BCUT2D eigenvalue weighted by molar-refractivity contribution is 7.11. The lowest BCUT2D eigenvalue weighted by Gasteiger charge is -2.36. The number of carbonyl (C=O) groups excluding carboxylic acids is 2. The van der Waals surface area contributed by atoms with Gasteiger partial charge in [-0.2, -0.15) is 0 Å². The molecule has 0 unspecified atom stereocenters. The maximum Gasteiger partial charge on any atom is 0.282 e. The smallest absolute Gasteiger partial charge is 0.282 e. The van der Waals surface area contributed by atoms with Crippen LogP contribution in [0.4, 0.5) is 5.69 Å². The third-order valence-corrected chi connectivity index (χ3v) is 6.64. The molecule has 0 radical (unpaired) electrons. The Morgan fingerprint density at radius 2 is 1.75 bits per heavy atom. The first kappa shape index (κ1) is 19.2. The number of rotatable bonds is 4. The molecular formula is C21H22ClN3O2S. The van der Waals surface area contributed by atoms with Crippen LogP contribution >= 0.6 is 22.9 Å². The lowest BCUT2D eigenvalue weighted by atomic mass is 10.0. The summed E-state index contributed by atoms with van der Waals surface area (Å²) in [5.74, 6) is -0.540. The molecule has 1 aromatic carbocycles. The summed E-state index contributed by atoms with van der Waals surface area (Å²) in [6.07, 6.45) is 1.94. The second kappa shape index (κ2) is 7.70. The number of hydrogen-bond acceptors (Lipinski definition) is 5. The van der Waals surface area contributed by atoms with E-state index in [2.05, 4.69) is 11.9 Å². The molecule has 5 nitrogen and oxygen atoms in total. The third-order valence-electron chi connectivity index (χ3n) is 5.50. The molecule has 1 aromatic heterocycles. The van der Waals surface area contributed by atoms with Crippen LogP contribution in [0, 0.1) is 0 Å². The van der Waals surface area contributed by atoms with E-state index in [0.717, 1.165) is 30.8 Å². The normalized spacial score (nSPS) is 19.0. The van der Waals surface area contributed by atoms with Gasteiger partial charge < -0.3 is 9.80 Å². The van der Waals surface area contributed by atoms with E-state index in [1.54, 1.807) is 24.3 Å². The molecule has 0 aliphatic carbocycles. The highest BCUT2D eigenvalue weighted by Crippen LogP contribution is 2.37. The van der Waals surface area contributed by atoms with E-state index in [9.17, 15) is 9.59 Å². The van der Waals surface area contributed by atoms with Gasteiger partial charge in [0.1, 0.15) is 5.70 Å². The number of likely N-dealkylation sites (N-methyl/N-ethyl adjacent to an activating group) is 1. The van der Waals surface area contributed by atoms with Gasteiger partial charge in [0.15, 0.2) is 0 Å². The van der Waals surface area contributed by atoms with Crippen molar-refractivity contribution in [1.29, 1.82) is 0 Å². The molecule has 146 valence electrons. The van der Waals surface area contributed by atoms with E-state index in [-0.39, 0.29) is 17.9 Å². The Kier molecular flexibility index (Phi) is 5.27. The minimum absolute atomic E-state index is 0.239. The van der Waals surface area contributed by atoms with Crippen LogP contribution in [0.5, 0.6) is 0 Å². The number of hydrogen-bond donors (Lipinski definition) is 0. The van der Waals surface area contributed by atoms with E-state index in [0.29, 0.717) is 22.0 Å². The average molecular weight is 416 g/mol. The van der Waals surface area contributed by atoms with Gasteiger partial charge in [-0.15, -0.1) is 11.3 Å². The van der Waals surface area contributed by atoms with Gasteiger partial charge in [0.2, 0.25) is 0 Å². The summed E-state index contributed by atoms with van der Waals surface area (Å²) in [4.78, 5) is 33.2. The zero-order valence-electron chi connectivity index (χ0n) is 15.9. The Hall–Kier alpha value is -2.15. The van der Waals surface area contributed by atoms with Crippen LogP contribution in [-0.2, 0) is 9.59 Å². The zero-order chi connectivity index (χ0) is 19.8. The number of benzene rings is 1. The molecule has 2 aliphatic rings. The molecule has 4 rings (SSSR count). The Balaban J connectivity index is 1.74. The quantitative estimate of drug-likeness (QED) is 0.714. The number of nitrogens with zero attached hydrogens (tertiary/aromatic N) is 3. The second-order valence-corrected chi connectivity index (χ2v) is 8.65. The summed E-state index contributed by atoms with van der Waals surface area (Å²) >= 11 is 7.46. The maximum absolute atomic E-state index is 13.4. The minimum atomic E-state index is -0.274. The van der Waals surface area contributed by atoms with E-state index in [1.165, 1.54) is 16.2 Å². The first-order valence-corrected chi connectivity index (χ1v) is 10.6. The summed E-state index contributed by atoms with van der Waals surface area (Å²) < 4.78 is 0. The van der Waals surface area contributed by atoms with Gasteiger partial charge in [-0.25, -0.2) is 4.90 Å². The van der Waals surface area contributed by atoms with Gasteiger partial charge in [0, 0.05) is 23.0 Å². The van der Waals surface area contributed by atoms with Crippen molar-refractivity contribution in [3.8, 4) is 0 Å². The van der Waals surface area contributed by atoms with Gasteiger partial charge in [-0.05, 0) is 68.7 Å². The van der Waals surface area contributed by atoms with Crippen molar-refractivity contribution in [1.82, 2.24) is 9.80 Å². The van der Waals surface area contributed by atoms with Crippen molar-refractivity contribution in [2.24, 2.45) is 0 Å². The van der Waals surface area contributed by atoms with Gasteiger partial charge in [0.25, 0.3) is 11.8 Å². The molecule has 0 bridgehead atoms. The first-order chi connectivity index (χ1) is 13.5. The first-order valence-electron chi connectivity index (χ1n) is 9.31. The number of anilines is 1. The summed E-state index contributed by atoms with van der Waals surface area (Å²) in [5.41, 5.74) is 1.54. The predicted molar refractivity (Wildman–Crippen MR) is 113 cm³/mol. The third kappa shape index (κ3) is 3.36. The van der Waals surface area contributed by atoms with Crippen LogP contribution in [0.3, 0.4) is 0 Å². The Labute approximate surface area is 173 Å². The van der Waals surface area contributed by atoms with Crippen LogP contribution in [0.25, 0.3) is 5.57 Å². The summed E-state index contributed by atoms with van der Waals surface area (Å²) in [7, 11) is 4.05. The van der Waals surface area contributed by atoms with Gasteiger partial charge in [-0.1, -0.05) is 17.7 Å². The highest BCUT2D eigenvalue weighted by atomic mass is 35.5. The van der Waals surface area contributed by atoms with E-state index >= 15 is 0 Å². The van der Waals surface area contributed by atoms with Crippen molar-refractivity contribution in [3.05, 3.63) is 57.4 Å². The van der Waals surface area contributed by atoms with Crippen LogP contribution in [-0.4, -0.2) is 54.8 Å². The fraction of sp³-hybridized carbons (Fsp3) is 0.333. The molecule has 0 atom stereocenters. The van der Waals surface area contributed by atoms with Gasteiger partial charge >= 0.3 is 0 Å². The molecule has 7 heteroatoms. The van der Waals surface area contributed by atoms with Gasteiger partial charge in [0.05, 0.1) is 11.3 Å². The molecule has 3 heterocycles. The molecule has 0 N–H and O–H groups in total. The number of amides is 2. The number of piperidine rings is 1. The van der Waals surface area contributed by atoms with Gasteiger partial charge in [-0.3, -0.25) is 9.59 Å². The number of thiophene rings is 1. The van der Waals surface area contributed by atoms with Crippen molar-refractivity contribution in [3.63, 3.8) is 0 Å². The summed E-state index contributed by atoms with van der Waals surface area (Å²) in [5, 5.41) is 2.50. The lowest BCUT2D eigenvalue weighted by Crippen LogP contribution is -2.43. The van der Waals surface area contributed by atoms with E-state index < -0.39 is 0 Å². The van der Waals surface area contributed by atoms with E-state index in [1.807, 2.05) is 29.5 Å². The molecule has 0 spiro atoms. The summed E-state index contributed by atoms with van der Waals surface area (Å²) in [6, 6.07) is 10.9. The Bertz CT molecular complexity index is 916. The average Bonchev–Trinajstić information content (AvgIpc) is 3.29. The topological polar surface area (TPSA) is 43.9 Å². The fourth-order valence-corrected chi connectivity index (χ4v) is 4.77. The standard InChI is InChI=1S/C21H22ClN3O2S/c1-23-11-9-15(10-12-23)24(2)19-18(17-4-3-13-28-17)20(26)25(21(19)27)16-7-5-14(22)6-8-16/h3-8,13,15H,9-12H2,1-2H3. The number of halogens is 1. The monoisotopic (exact) mass is 415 g/mol.